The smallest absolute Gasteiger partial charge is 0.308 e. The van der Waals surface area contributed by atoms with Crippen LogP contribution in [0.2, 0.25) is 0 Å². The summed E-state index contributed by atoms with van der Waals surface area (Å²) < 4.78 is 10.2. The molecule has 5 heteroatoms. The summed E-state index contributed by atoms with van der Waals surface area (Å²) >= 11 is 0. The molecule has 0 unspecified atom stereocenters. The van der Waals surface area contributed by atoms with Gasteiger partial charge in [-0.15, -0.1) is 0 Å². The zero-order valence-electron chi connectivity index (χ0n) is 9.64. The molecule has 1 rings (SSSR count). The van der Waals surface area contributed by atoms with Crippen LogP contribution in [-0.2, 0) is 19.1 Å². The Kier molecular flexibility index (Phi) is 4.89. The van der Waals surface area contributed by atoms with Crippen molar-refractivity contribution in [3.05, 3.63) is 0 Å². The number of Topliss-reactive ketones (excluding diaryl/α,β-unsaturated/α-hetero) is 1. The summed E-state index contributed by atoms with van der Waals surface area (Å²) in [5.74, 6) is -0.365. The van der Waals surface area contributed by atoms with Crippen molar-refractivity contribution in [1.29, 1.82) is 0 Å². The highest BCUT2D eigenvalue weighted by molar-refractivity contribution is 5.75. The number of hydrogen-bond acceptors (Lipinski definition) is 5. The topological polar surface area (TPSA) is 72.8 Å². The van der Waals surface area contributed by atoms with Gasteiger partial charge in [0, 0.05) is 20.0 Å². The summed E-state index contributed by atoms with van der Waals surface area (Å²) in [6, 6.07) is 0. The van der Waals surface area contributed by atoms with E-state index in [9.17, 15) is 14.7 Å². The van der Waals surface area contributed by atoms with Gasteiger partial charge < -0.3 is 19.4 Å². The molecule has 0 aromatic rings. The molecule has 1 heterocycles. The van der Waals surface area contributed by atoms with E-state index in [1.54, 1.807) is 0 Å². The molecule has 16 heavy (non-hydrogen) atoms. The molecule has 0 bridgehead atoms. The second-order valence-corrected chi connectivity index (χ2v) is 4.13. The molecule has 92 valence electrons. The van der Waals surface area contributed by atoms with Crippen LogP contribution in [0.25, 0.3) is 0 Å². The lowest BCUT2D eigenvalue weighted by Crippen LogP contribution is -2.29. The van der Waals surface area contributed by atoms with Gasteiger partial charge in [-0.3, -0.25) is 4.79 Å². The Morgan fingerprint density at radius 2 is 2.31 bits per heavy atom. The third-order valence-corrected chi connectivity index (χ3v) is 2.72. The zero-order valence-corrected chi connectivity index (χ0v) is 9.64. The molecule has 5 nitrogen and oxygen atoms in total. The van der Waals surface area contributed by atoms with E-state index in [4.69, 9.17) is 9.47 Å². The van der Waals surface area contributed by atoms with Crippen molar-refractivity contribution >= 4 is 11.8 Å². The lowest BCUT2D eigenvalue weighted by Gasteiger charge is -2.20. The van der Waals surface area contributed by atoms with Gasteiger partial charge in [-0.1, -0.05) is 0 Å². The van der Waals surface area contributed by atoms with Gasteiger partial charge in [0.1, 0.15) is 11.9 Å². The Hall–Kier alpha value is -0.940. The minimum Gasteiger partial charge on any atom is -0.462 e. The number of esters is 1. The fourth-order valence-corrected chi connectivity index (χ4v) is 1.79. The number of hydrogen-bond donors (Lipinski definition) is 1. The van der Waals surface area contributed by atoms with E-state index in [0.29, 0.717) is 19.3 Å². The summed E-state index contributed by atoms with van der Waals surface area (Å²) in [6.07, 6.45) is -0.286. The van der Waals surface area contributed by atoms with Crippen LogP contribution >= 0.6 is 0 Å². The van der Waals surface area contributed by atoms with Gasteiger partial charge in [0.15, 0.2) is 0 Å². The van der Waals surface area contributed by atoms with Crippen LogP contribution in [0.1, 0.15) is 32.6 Å². The highest BCUT2D eigenvalue weighted by atomic mass is 16.6. The minimum absolute atomic E-state index is 0.0465. The number of rotatable bonds is 4. The maximum Gasteiger partial charge on any atom is 0.308 e. The van der Waals surface area contributed by atoms with Gasteiger partial charge in [-0.25, -0.2) is 0 Å². The van der Waals surface area contributed by atoms with Crippen molar-refractivity contribution in [2.75, 3.05) is 7.11 Å². The predicted molar refractivity (Wildman–Crippen MR) is 55.8 cm³/mol. The van der Waals surface area contributed by atoms with Crippen molar-refractivity contribution in [2.45, 2.75) is 50.9 Å². The van der Waals surface area contributed by atoms with Crippen LogP contribution in [0, 0.1) is 0 Å². The second-order valence-electron chi connectivity index (χ2n) is 4.13. The minimum atomic E-state index is -0.820. The molecule has 0 spiro atoms. The van der Waals surface area contributed by atoms with Crippen molar-refractivity contribution in [2.24, 2.45) is 0 Å². The van der Waals surface area contributed by atoms with Gasteiger partial charge in [-0.05, 0) is 13.3 Å². The van der Waals surface area contributed by atoms with Crippen molar-refractivity contribution in [1.82, 2.24) is 0 Å². The monoisotopic (exact) mass is 230 g/mol. The normalized spacial score (nSPS) is 30.7. The van der Waals surface area contributed by atoms with Crippen LogP contribution in [0.15, 0.2) is 0 Å². The van der Waals surface area contributed by atoms with Gasteiger partial charge in [0.2, 0.25) is 0 Å². The molecule has 0 aromatic carbocycles. The third kappa shape index (κ3) is 3.90. The van der Waals surface area contributed by atoms with Crippen molar-refractivity contribution < 1.29 is 24.2 Å². The fourth-order valence-electron chi connectivity index (χ4n) is 1.79. The van der Waals surface area contributed by atoms with E-state index < -0.39 is 18.2 Å². The van der Waals surface area contributed by atoms with Crippen LogP contribution in [0.5, 0.6) is 0 Å². The first kappa shape index (κ1) is 13.1. The number of carbonyl (C=O) groups excluding carboxylic acids is 2. The number of carbonyl (C=O) groups is 2. The Morgan fingerprint density at radius 1 is 1.62 bits per heavy atom. The number of ether oxygens (including phenoxy) is 2. The molecule has 1 aliphatic rings. The maximum atomic E-state index is 11.3. The lowest BCUT2D eigenvalue weighted by atomic mass is 10.0. The number of ketones is 1. The zero-order chi connectivity index (χ0) is 12.1. The van der Waals surface area contributed by atoms with Gasteiger partial charge in [0.25, 0.3) is 0 Å². The second kappa shape index (κ2) is 5.96. The van der Waals surface area contributed by atoms with Crippen LogP contribution in [-0.4, -0.2) is 42.3 Å². The Morgan fingerprint density at radius 3 is 2.88 bits per heavy atom. The molecule has 0 aromatic heterocycles. The number of aliphatic hydroxyl groups is 1. The summed E-state index contributed by atoms with van der Waals surface area (Å²) in [6.45, 7) is 1.50. The highest BCUT2D eigenvalue weighted by Crippen LogP contribution is 2.21. The van der Waals surface area contributed by atoms with Crippen LogP contribution < -0.4 is 0 Å². The molecular formula is C11H18O5. The predicted octanol–water partition coefficient (Wildman–Crippen LogP) is 0.437. The van der Waals surface area contributed by atoms with E-state index in [1.807, 2.05) is 0 Å². The molecule has 0 saturated carbocycles. The lowest BCUT2D eigenvalue weighted by molar-refractivity contribution is -0.149. The average Bonchev–Trinajstić information content (AvgIpc) is 2.33. The summed E-state index contributed by atoms with van der Waals surface area (Å²) in [4.78, 5) is 22.1. The molecular weight excluding hydrogens is 212 g/mol. The molecule has 0 radical (unpaired) electrons. The number of aliphatic hydroxyl groups excluding tert-OH is 1. The van der Waals surface area contributed by atoms with E-state index in [0.717, 1.165) is 0 Å². The van der Waals surface area contributed by atoms with E-state index in [1.165, 1.54) is 14.0 Å². The van der Waals surface area contributed by atoms with Gasteiger partial charge in [0.05, 0.1) is 18.6 Å². The summed E-state index contributed by atoms with van der Waals surface area (Å²) in [5, 5.41) is 9.62. The Bertz CT molecular complexity index is 263. The first-order valence-corrected chi connectivity index (χ1v) is 5.42. The molecule has 1 aliphatic heterocycles. The van der Waals surface area contributed by atoms with Crippen LogP contribution in [0.3, 0.4) is 0 Å². The summed E-state index contributed by atoms with van der Waals surface area (Å²) in [5.41, 5.74) is 0. The summed E-state index contributed by atoms with van der Waals surface area (Å²) in [7, 11) is 1.49. The van der Waals surface area contributed by atoms with E-state index >= 15 is 0 Å². The molecule has 1 fully saturated rings. The standard InChI is InChI=1S/C11H18O5/c1-7(12)3-4-8-5-10(15-2)9(13)6-11(14)16-8/h8-10,13H,3-6H2,1-2H3/t8-,9+,10+/m1/s1. The number of cyclic esters (lactones) is 1. The SMILES string of the molecule is CO[C@H]1C[C@@H](CCC(C)=O)OC(=O)C[C@@H]1O. The largest absolute Gasteiger partial charge is 0.462 e. The first-order valence-electron chi connectivity index (χ1n) is 5.42. The molecule has 0 amide bonds. The van der Waals surface area contributed by atoms with E-state index in [2.05, 4.69) is 0 Å². The van der Waals surface area contributed by atoms with Crippen molar-refractivity contribution in [3.8, 4) is 0 Å². The molecule has 3 atom stereocenters. The number of methoxy groups -OCH3 is 1. The molecule has 1 N–H and O–H groups in total. The third-order valence-electron chi connectivity index (χ3n) is 2.72. The first-order chi connectivity index (χ1) is 7.52. The van der Waals surface area contributed by atoms with Crippen LogP contribution in [0.4, 0.5) is 0 Å². The molecule has 0 aliphatic carbocycles. The Balaban J connectivity index is 2.56. The fraction of sp³-hybridized carbons (Fsp3) is 0.818. The quantitative estimate of drug-likeness (QED) is 0.709. The average molecular weight is 230 g/mol. The van der Waals surface area contributed by atoms with Gasteiger partial charge in [-0.2, -0.15) is 0 Å². The van der Waals surface area contributed by atoms with Crippen molar-refractivity contribution in [3.63, 3.8) is 0 Å². The highest BCUT2D eigenvalue weighted by Gasteiger charge is 2.31. The van der Waals surface area contributed by atoms with Gasteiger partial charge >= 0.3 is 5.97 Å². The Labute approximate surface area is 94.7 Å². The van der Waals surface area contributed by atoms with E-state index in [-0.39, 0.29) is 18.3 Å². The molecule has 1 saturated heterocycles. The maximum absolute atomic E-state index is 11.3.